The van der Waals surface area contributed by atoms with E-state index in [4.69, 9.17) is 15.3 Å². The molecular formula is C13H16BrN5O2. The molecule has 0 bridgehead atoms. The molecule has 112 valence electrons. The van der Waals surface area contributed by atoms with Crippen LogP contribution in [-0.2, 0) is 0 Å². The van der Waals surface area contributed by atoms with Crippen LogP contribution in [0.5, 0.6) is 17.8 Å². The van der Waals surface area contributed by atoms with Crippen molar-refractivity contribution in [1.82, 2.24) is 15.0 Å². The number of hydrazine groups is 1. The molecule has 0 atom stereocenters. The molecule has 1 aromatic carbocycles. The Morgan fingerprint density at radius 1 is 1.24 bits per heavy atom. The molecular weight excluding hydrogens is 338 g/mol. The van der Waals surface area contributed by atoms with Gasteiger partial charge in [-0.1, -0.05) is 22.9 Å². The molecule has 8 heteroatoms. The van der Waals surface area contributed by atoms with Crippen LogP contribution in [0, 0.1) is 6.92 Å². The highest BCUT2D eigenvalue weighted by Crippen LogP contribution is 2.25. The molecule has 0 spiro atoms. The Kier molecular flexibility index (Phi) is 5.29. The summed E-state index contributed by atoms with van der Waals surface area (Å²) in [5.74, 6) is 6.13. The lowest BCUT2D eigenvalue weighted by Crippen LogP contribution is -2.13. The molecule has 0 amide bonds. The SMILES string of the molecule is CCCOc1nc(NN)nc(Oc2ccc(Br)c(C)c2)n1. The van der Waals surface area contributed by atoms with E-state index in [9.17, 15) is 0 Å². The van der Waals surface area contributed by atoms with E-state index in [0.717, 1.165) is 16.5 Å². The number of benzene rings is 1. The summed E-state index contributed by atoms with van der Waals surface area (Å²) >= 11 is 3.43. The highest BCUT2D eigenvalue weighted by Gasteiger charge is 2.09. The summed E-state index contributed by atoms with van der Waals surface area (Å²) in [6.45, 7) is 4.46. The molecule has 0 radical (unpaired) electrons. The van der Waals surface area contributed by atoms with Crippen LogP contribution in [0.25, 0.3) is 0 Å². The lowest BCUT2D eigenvalue weighted by atomic mass is 10.2. The largest absolute Gasteiger partial charge is 0.463 e. The number of nitrogens with zero attached hydrogens (tertiary/aromatic N) is 3. The van der Waals surface area contributed by atoms with Crippen LogP contribution >= 0.6 is 15.9 Å². The zero-order chi connectivity index (χ0) is 15.2. The topological polar surface area (TPSA) is 95.2 Å². The van der Waals surface area contributed by atoms with Gasteiger partial charge in [0.05, 0.1) is 6.61 Å². The van der Waals surface area contributed by atoms with Crippen molar-refractivity contribution in [3.63, 3.8) is 0 Å². The highest BCUT2D eigenvalue weighted by atomic mass is 79.9. The molecule has 0 aliphatic rings. The van der Waals surface area contributed by atoms with Gasteiger partial charge in [0.15, 0.2) is 0 Å². The van der Waals surface area contributed by atoms with Crippen molar-refractivity contribution in [1.29, 1.82) is 0 Å². The molecule has 2 rings (SSSR count). The number of hydrogen-bond acceptors (Lipinski definition) is 7. The monoisotopic (exact) mass is 353 g/mol. The van der Waals surface area contributed by atoms with Gasteiger partial charge in [0.25, 0.3) is 0 Å². The van der Waals surface area contributed by atoms with Gasteiger partial charge in [-0.25, -0.2) is 5.84 Å². The first-order chi connectivity index (χ1) is 10.1. The van der Waals surface area contributed by atoms with Crippen LogP contribution in [0.3, 0.4) is 0 Å². The number of hydrogen-bond donors (Lipinski definition) is 2. The van der Waals surface area contributed by atoms with Crippen molar-refractivity contribution >= 4 is 21.9 Å². The second-order valence-electron chi connectivity index (χ2n) is 4.23. The fourth-order valence-corrected chi connectivity index (χ4v) is 1.74. The van der Waals surface area contributed by atoms with Crippen molar-refractivity contribution in [2.75, 3.05) is 12.0 Å². The van der Waals surface area contributed by atoms with E-state index in [1.54, 1.807) is 0 Å². The van der Waals surface area contributed by atoms with E-state index >= 15 is 0 Å². The lowest BCUT2D eigenvalue weighted by molar-refractivity contribution is 0.285. The zero-order valence-corrected chi connectivity index (χ0v) is 13.3. The summed E-state index contributed by atoms with van der Waals surface area (Å²) in [5.41, 5.74) is 3.40. The summed E-state index contributed by atoms with van der Waals surface area (Å²) < 4.78 is 12.0. The van der Waals surface area contributed by atoms with Crippen molar-refractivity contribution in [3.8, 4) is 17.8 Å². The van der Waals surface area contributed by atoms with Gasteiger partial charge in [0, 0.05) is 4.47 Å². The third-order valence-electron chi connectivity index (χ3n) is 2.50. The van der Waals surface area contributed by atoms with E-state index in [2.05, 4.69) is 36.3 Å². The predicted molar refractivity (Wildman–Crippen MR) is 82.4 cm³/mol. The van der Waals surface area contributed by atoms with Crippen LogP contribution in [0.1, 0.15) is 18.9 Å². The van der Waals surface area contributed by atoms with Gasteiger partial charge >= 0.3 is 12.0 Å². The first-order valence-electron chi connectivity index (χ1n) is 6.42. The molecule has 7 nitrogen and oxygen atoms in total. The number of nitrogen functional groups attached to an aromatic ring is 1. The van der Waals surface area contributed by atoms with Gasteiger partial charge in [0.1, 0.15) is 5.75 Å². The number of rotatable bonds is 6. The molecule has 0 aliphatic carbocycles. The smallest absolute Gasteiger partial charge is 0.330 e. The number of nitrogens with two attached hydrogens (primary N) is 1. The van der Waals surface area contributed by atoms with E-state index in [1.807, 2.05) is 32.0 Å². The van der Waals surface area contributed by atoms with Gasteiger partial charge in [-0.05, 0) is 37.1 Å². The average molecular weight is 354 g/mol. The van der Waals surface area contributed by atoms with Crippen LogP contribution in [-0.4, -0.2) is 21.6 Å². The van der Waals surface area contributed by atoms with Gasteiger partial charge in [0.2, 0.25) is 5.95 Å². The fraction of sp³-hybridized carbons (Fsp3) is 0.308. The normalized spacial score (nSPS) is 10.3. The fourth-order valence-electron chi connectivity index (χ4n) is 1.49. The maximum absolute atomic E-state index is 5.62. The number of aromatic nitrogens is 3. The Morgan fingerprint density at radius 2 is 2.00 bits per heavy atom. The summed E-state index contributed by atoms with van der Waals surface area (Å²) in [6, 6.07) is 5.86. The third-order valence-corrected chi connectivity index (χ3v) is 3.39. The molecule has 1 aromatic heterocycles. The van der Waals surface area contributed by atoms with Crippen LogP contribution in [0.2, 0.25) is 0 Å². The Hall–Kier alpha value is -1.93. The minimum atomic E-state index is 0.116. The second kappa shape index (κ2) is 7.19. The van der Waals surface area contributed by atoms with Crippen molar-refractivity contribution in [3.05, 3.63) is 28.2 Å². The number of anilines is 1. The summed E-state index contributed by atoms with van der Waals surface area (Å²) in [6.07, 6.45) is 0.846. The number of nitrogens with one attached hydrogen (secondary N) is 1. The van der Waals surface area contributed by atoms with E-state index in [-0.39, 0.29) is 18.0 Å². The molecule has 2 aromatic rings. The van der Waals surface area contributed by atoms with E-state index in [1.165, 1.54) is 0 Å². The molecule has 0 saturated heterocycles. The second-order valence-corrected chi connectivity index (χ2v) is 5.08. The first kappa shape index (κ1) is 15.5. The maximum Gasteiger partial charge on any atom is 0.330 e. The molecule has 1 heterocycles. The van der Waals surface area contributed by atoms with Crippen molar-refractivity contribution in [2.24, 2.45) is 5.84 Å². The lowest BCUT2D eigenvalue weighted by Gasteiger charge is -2.09. The Balaban J connectivity index is 2.23. The molecule has 0 saturated carbocycles. The third kappa shape index (κ3) is 4.27. The summed E-state index contributed by atoms with van der Waals surface area (Å²) in [5, 5.41) is 0. The first-order valence-corrected chi connectivity index (χ1v) is 7.21. The van der Waals surface area contributed by atoms with Crippen molar-refractivity contribution in [2.45, 2.75) is 20.3 Å². The Morgan fingerprint density at radius 3 is 2.67 bits per heavy atom. The highest BCUT2D eigenvalue weighted by molar-refractivity contribution is 9.10. The van der Waals surface area contributed by atoms with Gasteiger partial charge < -0.3 is 9.47 Å². The molecule has 3 N–H and O–H groups in total. The Bertz CT molecular complexity index is 624. The van der Waals surface area contributed by atoms with Gasteiger partial charge in [-0.15, -0.1) is 4.98 Å². The van der Waals surface area contributed by atoms with Crippen LogP contribution < -0.4 is 20.7 Å². The van der Waals surface area contributed by atoms with Gasteiger partial charge in [-0.3, -0.25) is 5.43 Å². The molecule has 21 heavy (non-hydrogen) atoms. The number of halogens is 1. The van der Waals surface area contributed by atoms with Gasteiger partial charge in [-0.2, -0.15) is 9.97 Å². The maximum atomic E-state index is 5.62. The van der Waals surface area contributed by atoms with E-state index < -0.39 is 0 Å². The standard InChI is InChI=1S/C13H16BrN5O2/c1-3-6-20-12-16-11(19-15)17-13(18-12)21-9-4-5-10(14)8(2)7-9/h4-5,7H,3,6,15H2,1-2H3,(H,16,17,18,19). The molecule has 0 unspecified atom stereocenters. The van der Waals surface area contributed by atoms with E-state index in [0.29, 0.717) is 12.4 Å². The summed E-state index contributed by atoms with van der Waals surface area (Å²) in [7, 11) is 0. The summed E-state index contributed by atoms with van der Waals surface area (Å²) in [4.78, 5) is 12.1. The zero-order valence-electron chi connectivity index (χ0n) is 11.8. The average Bonchev–Trinajstić information content (AvgIpc) is 2.48. The van der Waals surface area contributed by atoms with Crippen LogP contribution in [0.15, 0.2) is 22.7 Å². The Labute approximate surface area is 131 Å². The molecule has 0 aliphatic heterocycles. The number of aryl methyl sites for hydroxylation is 1. The minimum absolute atomic E-state index is 0.116. The predicted octanol–water partition coefficient (Wildman–Crippen LogP) is 2.81. The number of ether oxygens (including phenoxy) is 2. The quantitative estimate of drug-likeness (QED) is 0.608. The van der Waals surface area contributed by atoms with Crippen molar-refractivity contribution < 1.29 is 9.47 Å². The molecule has 0 fully saturated rings. The minimum Gasteiger partial charge on any atom is -0.463 e. The van der Waals surface area contributed by atoms with Crippen LogP contribution in [0.4, 0.5) is 5.95 Å².